The zero-order chi connectivity index (χ0) is 15.4. The molecule has 21 heavy (non-hydrogen) atoms. The molecule has 0 bridgehead atoms. The molecule has 0 aromatic heterocycles. The molecule has 6 heteroatoms. The van der Waals surface area contributed by atoms with E-state index in [1.807, 2.05) is 25.1 Å². The van der Waals surface area contributed by atoms with E-state index in [-0.39, 0.29) is 18.6 Å². The van der Waals surface area contributed by atoms with Crippen molar-refractivity contribution in [1.82, 2.24) is 5.32 Å². The Balaban J connectivity index is 1.90. The molecule has 1 aromatic carbocycles. The molecule has 0 aliphatic carbocycles. The van der Waals surface area contributed by atoms with Crippen molar-refractivity contribution in [2.45, 2.75) is 26.5 Å². The van der Waals surface area contributed by atoms with Crippen molar-refractivity contribution in [1.29, 1.82) is 0 Å². The summed E-state index contributed by atoms with van der Waals surface area (Å²) in [5, 5.41) is 2.08. The van der Waals surface area contributed by atoms with Gasteiger partial charge in [-0.1, -0.05) is 18.2 Å². The van der Waals surface area contributed by atoms with E-state index >= 15 is 0 Å². The summed E-state index contributed by atoms with van der Waals surface area (Å²) in [5.74, 6) is -1.59. The lowest BCUT2D eigenvalue weighted by Crippen LogP contribution is -2.23. The SMILES string of the molecule is Cc1cc(COC(=O)CC2=CC(=O)NC2=O)ccc1CN. The quantitative estimate of drug-likeness (QED) is 0.606. The van der Waals surface area contributed by atoms with Gasteiger partial charge in [-0.25, -0.2) is 0 Å². The summed E-state index contributed by atoms with van der Waals surface area (Å²) < 4.78 is 5.10. The average molecular weight is 288 g/mol. The summed E-state index contributed by atoms with van der Waals surface area (Å²) in [6, 6.07) is 5.64. The fraction of sp³-hybridized carbons (Fsp3) is 0.267. The minimum atomic E-state index is -0.549. The molecule has 1 aliphatic heterocycles. The van der Waals surface area contributed by atoms with Crippen LogP contribution in [0.1, 0.15) is 23.1 Å². The maximum Gasteiger partial charge on any atom is 0.310 e. The van der Waals surface area contributed by atoms with Crippen LogP contribution in [0, 0.1) is 6.92 Å². The van der Waals surface area contributed by atoms with E-state index in [2.05, 4.69) is 5.32 Å². The number of carbonyl (C=O) groups is 3. The van der Waals surface area contributed by atoms with Crippen molar-refractivity contribution in [3.8, 4) is 0 Å². The zero-order valence-corrected chi connectivity index (χ0v) is 11.6. The molecular weight excluding hydrogens is 272 g/mol. The first kappa shape index (κ1) is 14.9. The topological polar surface area (TPSA) is 98.5 Å². The second-order valence-corrected chi connectivity index (χ2v) is 4.79. The summed E-state index contributed by atoms with van der Waals surface area (Å²) in [4.78, 5) is 33.9. The van der Waals surface area contributed by atoms with Crippen LogP contribution < -0.4 is 11.1 Å². The van der Waals surface area contributed by atoms with E-state index in [1.54, 1.807) is 0 Å². The monoisotopic (exact) mass is 288 g/mol. The van der Waals surface area contributed by atoms with Crippen molar-refractivity contribution in [3.05, 3.63) is 46.5 Å². The third kappa shape index (κ3) is 3.76. The van der Waals surface area contributed by atoms with E-state index in [1.165, 1.54) is 0 Å². The number of hydrogen-bond donors (Lipinski definition) is 2. The molecule has 6 nitrogen and oxygen atoms in total. The first-order valence-corrected chi connectivity index (χ1v) is 6.49. The molecule has 0 saturated carbocycles. The van der Waals surface area contributed by atoms with Crippen LogP contribution in [0.4, 0.5) is 0 Å². The normalized spacial score (nSPS) is 13.9. The third-order valence-corrected chi connectivity index (χ3v) is 3.20. The maximum atomic E-state index is 11.7. The van der Waals surface area contributed by atoms with E-state index in [0.717, 1.165) is 22.8 Å². The highest BCUT2D eigenvalue weighted by Gasteiger charge is 2.23. The van der Waals surface area contributed by atoms with E-state index < -0.39 is 17.8 Å². The lowest BCUT2D eigenvalue weighted by molar-refractivity contribution is -0.144. The molecule has 0 saturated heterocycles. The predicted octanol–water partition coefficient (Wildman–Crippen LogP) is 0.470. The fourth-order valence-corrected chi connectivity index (χ4v) is 2.03. The first-order chi connectivity index (χ1) is 9.99. The van der Waals surface area contributed by atoms with Gasteiger partial charge in [0.05, 0.1) is 6.42 Å². The molecule has 110 valence electrons. The largest absolute Gasteiger partial charge is 0.461 e. The number of nitrogens with one attached hydrogen (secondary N) is 1. The van der Waals surface area contributed by atoms with Crippen LogP contribution in [0.3, 0.4) is 0 Å². The van der Waals surface area contributed by atoms with Crippen molar-refractivity contribution in [2.24, 2.45) is 5.73 Å². The summed E-state index contributed by atoms with van der Waals surface area (Å²) in [6.45, 7) is 2.52. The van der Waals surface area contributed by atoms with Crippen molar-refractivity contribution < 1.29 is 19.1 Å². The van der Waals surface area contributed by atoms with E-state index in [9.17, 15) is 14.4 Å². The Labute approximate surface area is 122 Å². The Morgan fingerprint density at radius 1 is 1.33 bits per heavy atom. The number of aryl methyl sites for hydroxylation is 1. The van der Waals surface area contributed by atoms with Gasteiger partial charge in [-0.2, -0.15) is 0 Å². The summed E-state index contributed by atoms with van der Waals surface area (Å²) in [6.07, 6.45) is 0.904. The van der Waals surface area contributed by atoms with Gasteiger partial charge < -0.3 is 10.5 Å². The number of imide groups is 1. The Kier molecular flexibility index (Phi) is 4.49. The molecule has 3 N–H and O–H groups in total. The lowest BCUT2D eigenvalue weighted by Gasteiger charge is -2.08. The van der Waals surface area contributed by atoms with Crippen molar-refractivity contribution in [2.75, 3.05) is 0 Å². The Morgan fingerprint density at radius 2 is 2.10 bits per heavy atom. The third-order valence-electron chi connectivity index (χ3n) is 3.20. The van der Waals surface area contributed by atoms with Crippen LogP contribution in [-0.4, -0.2) is 17.8 Å². The number of rotatable bonds is 5. The highest BCUT2D eigenvalue weighted by atomic mass is 16.5. The summed E-state index contributed by atoms with van der Waals surface area (Å²) >= 11 is 0. The minimum absolute atomic E-state index is 0.118. The number of hydrogen-bond acceptors (Lipinski definition) is 5. The molecule has 0 spiro atoms. The van der Waals surface area contributed by atoms with Gasteiger partial charge in [-0.05, 0) is 23.6 Å². The van der Waals surface area contributed by atoms with Crippen LogP contribution in [0.25, 0.3) is 0 Å². The summed E-state index contributed by atoms with van der Waals surface area (Å²) in [5.41, 5.74) is 8.63. The Morgan fingerprint density at radius 3 is 2.67 bits per heavy atom. The number of amides is 2. The van der Waals surface area contributed by atoms with Gasteiger partial charge in [0.25, 0.3) is 11.8 Å². The Hall–Kier alpha value is -2.47. The minimum Gasteiger partial charge on any atom is -0.461 e. The standard InChI is InChI=1S/C15H16N2O4/c1-9-4-10(2-3-11(9)7-16)8-21-14(19)6-12-5-13(18)17-15(12)20/h2-5H,6-8,16H2,1H3,(H,17,18,20). The van der Waals surface area contributed by atoms with Gasteiger partial charge in [0, 0.05) is 18.2 Å². The van der Waals surface area contributed by atoms with Crippen molar-refractivity contribution in [3.63, 3.8) is 0 Å². The zero-order valence-electron chi connectivity index (χ0n) is 11.6. The molecule has 1 aromatic rings. The van der Waals surface area contributed by atoms with Crippen LogP contribution >= 0.6 is 0 Å². The van der Waals surface area contributed by atoms with Gasteiger partial charge in [0.2, 0.25) is 0 Å². The number of esters is 1. The number of benzene rings is 1. The van der Waals surface area contributed by atoms with Crippen LogP contribution in [0.5, 0.6) is 0 Å². The first-order valence-electron chi connectivity index (χ1n) is 6.49. The van der Waals surface area contributed by atoms with Gasteiger partial charge in [-0.15, -0.1) is 0 Å². The van der Waals surface area contributed by atoms with Gasteiger partial charge in [0.1, 0.15) is 6.61 Å². The molecule has 1 aliphatic rings. The smallest absolute Gasteiger partial charge is 0.310 e. The van der Waals surface area contributed by atoms with Crippen LogP contribution in [-0.2, 0) is 32.3 Å². The van der Waals surface area contributed by atoms with Gasteiger partial charge in [-0.3, -0.25) is 19.7 Å². The van der Waals surface area contributed by atoms with Crippen LogP contribution in [0.2, 0.25) is 0 Å². The summed E-state index contributed by atoms with van der Waals surface area (Å²) in [7, 11) is 0. The van der Waals surface area contributed by atoms with E-state index in [0.29, 0.717) is 6.54 Å². The van der Waals surface area contributed by atoms with Gasteiger partial charge >= 0.3 is 5.97 Å². The number of nitrogens with two attached hydrogens (primary N) is 1. The molecule has 0 fully saturated rings. The predicted molar refractivity (Wildman–Crippen MR) is 74.7 cm³/mol. The molecule has 2 amide bonds. The van der Waals surface area contributed by atoms with Gasteiger partial charge in [0.15, 0.2) is 0 Å². The molecule has 2 rings (SSSR count). The second kappa shape index (κ2) is 6.32. The van der Waals surface area contributed by atoms with E-state index in [4.69, 9.17) is 10.5 Å². The number of ether oxygens (including phenoxy) is 1. The molecule has 0 radical (unpaired) electrons. The Bertz CT molecular complexity index is 635. The average Bonchev–Trinajstić information content (AvgIpc) is 2.74. The van der Waals surface area contributed by atoms with Crippen molar-refractivity contribution >= 4 is 17.8 Å². The molecule has 0 atom stereocenters. The molecule has 0 unspecified atom stereocenters. The fourth-order valence-electron chi connectivity index (χ4n) is 2.03. The highest BCUT2D eigenvalue weighted by Crippen LogP contribution is 2.13. The highest BCUT2D eigenvalue weighted by molar-refractivity contribution is 6.17. The lowest BCUT2D eigenvalue weighted by atomic mass is 10.1. The second-order valence-electron chi connectivity index (χ2n) is 4.79. The molecule has 1 heterocycles. The maximum absolute atomic E-state index is 11.7. The number of carbonyl (C=O) groups excluding carboxylic acids is 3. The van der Waals surface area contributed by atoms with Crippen LogP contribution in [0.15, 0.2) is 29.8 Å². The molecular formula is C15H16N2O4.